The third-order valence-electron chi connectivity index (χ3n) is 0.873. The number of hydrazine groups is 2. The van der Waals surface area contributed by atoms with Crippen molar-refractivity contribution in [2.45, 2.75) is 19.9 Å². The van der Waals surface area contributed by atoms with Gasteiger partial charge in [0.05, 0.1) is 6.04 Å². The Morgan fingerprint density at radius 3 is 2.44 bits per heavy atom. The van der Waals surface area contributed by atoms with Crippen LogP contribution in [0.5, 0.6) is 0 Å². The monoisotopic (exact) mass is 198 g/mol. The first kappa shape index (κ1) is 10.0. The number of nitrogens with zero attached hydrogens (tertiary/aromatic N) is 2. The molecule has 0 saturated carbocycles. The topological polar surface area (TPSA) is 39.7 Å². The van der Waals surface area contributed by atoms with Gasteiger partial charge in [0.15, 0.2) is 0 Å². The van der Waals surface area contributed by atoms with Crippen LogP contribution in [0.2, 0.25) is 0 Å². The molecule has 5 heteroatoms. The summed E-state index contributed by atoms with van der Waals surface area (Å²) in [4.78, 5) is 0. The minimum absolute atomic E-state index is 0. The van der Waals surface area contributed by atoms with Crippen molar-refractivity contribution in [3.05, 3.63) is 0 Å². The molecule has 2 N–H and O–H groups in total. The minimum Gasteiger partial charge on any atom is -0.466 e. The van der Waals surface area contributed by atoms with Crippen LogP contribution in [0.1, 0.15) is 13.8 Å². The molecule has 9 heavy (non-hydrogen) atoms. The molecule has 0 aliphatic carbocycles. The molecule has 0 atom stereocenters. The van der Waals surface area contributed by atoms with Gasteiger partial charge in [-0.2, -0.15) is 5.53 Å². The standard InChI is InChI=1S/C4H9N4.Rb/c1-4(2)8-6-3-5-7-8;/h4,7H,1-2H3,(H,5,6);/q-1;+1. The Balaban J connectivity index is 0.000000640. The largest absolute Gasteiger partial charge is 1.00 e. The van der Waals surface area contributed by atoms with E-state index in [0.29, 0.717) is 6.04 Å². The first-order chi connectivity index (χ1) is 3.80. The van der Waals surface area contributed by atoms with Crippen LogP contribution < -0.4 is 69.1 Å². The average molecular weight is 199 g/mol. The fourth-order valence-electron chi connectivity index (χ4n) is 0.431. The van der Waals surface area contributed by atoms with E-state index in [4.69, 9.17) is 0 Å². The second-order valence-electron chi connectivity index (χ2n) is 1.89. The second kappa shape index (κ2) is 4.79. The zero-order chi connectivity index (χ0) is 5.98. The first-order valence-electron chi connectivity index (χ1n) is 2.56. The predicted molar refractivity (Wildman–Crippen MR) is 30.7 cm³/mol. The third kappa shape index (κ3) is 3.09. The van der Waals surface area contributed by atoms with Gasteiger partial charge in [0, 0.05) is 0 Å². The van der Waals surface area contributed by atoms with Crippen LogP contribution in [0.3, 0.4) is 0 Å². The smallest absolute Gasteiger partial charge is 0.466 e. The quantitative estimate of drug-likeness (QED) is 0.431. The molecule has 4 nitrogen and oxygen atoms in total. The van der Waals surface area contributed by atoms with E-state index in [1.54, 1.807) is 5.12 Å². The molecule has 0 spiro atoms. The van der Waals surface area contributed by atoms with Crippen LogP contribution in [0, 0.1) is 0 Å². The van der Waals surface area contributed by atoms with Gasteiger partial charge in [-0.3, -0.25) is 6.34 Å². The summed E-state index contributed by atoms with van der Waals surface area (Å²) in [5.41, 5.74) is 5.37. The summed E-state index contributed by atoms with van der Waals surface area (Å²) in [6.45, 7) is 4.07. The van der Waals surface area contributed by atoms with Crippen LogP contribution in [0.4, 0.5) is 0 Å². The third-order valence-corrected chi connectivity index (χ3v) is 0.873. The molecule has 0 radical (unpaired) electrons. The summed E-state index contributed by atoms with van der Waals surface area (Å²) >= 11 is 0. The number of hydrazone groups is 1. The molecule has 0 aromatic carbocycles. The van der Waals surface area contributed by atoms with E-state index < -0.39 is 0 Å². The Hall–Kier alpha value is 1.04. The molecule has 0 bridgehead atoms. The van der Waals surface area contributed by atoms with Crippen LogP contribution in [0.15, 0.2) is 5.10 Å². The molecule has 1 aliphatic heterocycles. The Labute approximate surface area is 104 Å². The number of hydrogen-bond acceptors (Lipinski definition) is 4. The molecule has 0 aromatic rings. The van der Waals surface area contributed by atoms with Gasteiger partial charge < -0.3 is 10.5 Å². The van der Waals surface area contributed by atoms with Gasteiger partial charge in [-0.15, -0.1) is 0 Å². The Bertz CT molecular complexity index is 103. The van der Waals surface area contributed by atoms with E-state index >= 15 is 0 Å². The van der Waals surface area contributed by atoms with Gasteiger partial charge >= 0.3 is 58.2 Å². The second-order valence-corrected chi connectivity index (χ2v) is 1.89. The molecule has 0 saturated heterocycles. The van der Waals surface area contributed by atoms with E-state index in [2.05, 4.69) is 22.4 Å². The van der Waals surface area contributed by atoms with Crippen molar-refractivity contribution in [1.82, 2.24) is 16.1 Å². The molecular weight excluding hydrogens is 190 g/mol. The van der Waals surface area contributed by atoms with Gasteiger partial charge in [-0.05, 0) is 13.8 Å². The Morgan fingerprint density at radius 1 is 1.56 bits per heavy atom. The first-order valence-corrected chi connectivity index (χ1v) is 2.56. The van der Waals surface area contributed by atoms with Crippen molar-refractivity contribution >= 4 is 6.34 Å². The molecular formula is C4H9N4Rb. The van der Waals surface area contributed by atoms with Gasteiger partial charge in [0.1, 0.15) is 0 Å². The summed E-state index contributed by atoms with van der Waals surface area (Å²) in [6.07, 6.45) is 2.54. The summed E-state index contributed by atoms with van der Waals surface area (Å²) in [7, 11) is 0. The van der Waals surface area contributed by atoms with Crippen molar-refractivity contribution in [3.63, 3.8) is 0 Å². The van der Waals surface area contributed by atoms with Crippen LogP contribution in [-0.4, -0.2) is 17.5 Å². The number of nitrogens with one attached hydrogen (secondary N) is 2. The van der Waals surface area contributed by atoms with Crippen molar-refractivity contribution in [1.29, 1.82) is 0 Å². The Kier molecular flexibility index (Phi) is 5.34. The summed E-state index contributed by atoms with van der Waals surface area (Å²) in [5, 5.41) is 5.48. The van der Waals surface area contributed by atoms with Gasteiger partial charge in [-0.25, -0.2) is 5.12 Å². The maximum Gasteiger partial charge on any atom is 1.00 e. The van der Waals surface area contributed by atoms with E-state index in [-0.39, 0.29) is 58.2 Å². The van der Waals surface area contributed by atoms with Crippen molar-refractivity contribution in [2.24, 2.45) is 5.10 Å². The fraction of sp³-hybridized carbons (Fsp3) is 0.750. The van der Waals surface area contributed by atoms with E-state index in [1.807, 2.05) is 13.8 Å². The maximum absolute atomic E-state index is 3.80. The summed E-state index contributed by atoms with van der Waals surface area (Å²) < 4.78 is 0. The molecule has 0 fully saturated rings. The van der Waals surface area contributed by atoms with E-state index in [0.717, 1.165) is 0 Å². The van der Waals surface area contributed by atoms with Crippen molar-refractivity contribution in [2.75, 3.05) is 0 Å². The minimum atomic E-state index is 0. The molecule has 0 amide bonds. The van der Waals surface area contributed by atoms with Crippen molar-refractivity contribution < 1.29 is 58.2 Å². The molecule has 46 valence electrons. The molecule has 0 unspecified atom stereocenters. The predicted octanol–water partition coefficient (Wildman–Crippen LogP) is -3.46. The zero-order valence-electron chi connectivity index (χ0n) is 5.97. The number of rotatable bonds is 1. The average Bonchev–Trinajstić information content (AvgIpc) is 2.12. The van der Waals surface area contributed by atoms with Gasteiger partial charge in [0.2, 0.25) is 0 Å². The van der Waals surface area contributed by atoms with Gasteiger partial charge in [-0.1, -0.05) is 0 Å². The zero-order valence-corrected chi connectivity index (χ0v) is 10.9. The van der Waals surface area contributed by atoms with Crippen molar-refractivity contribution in [3.8, 4) is 0 Å². The summed E-state index contributed by atoms with van der Waals surface area (Å²) in [5.74, 6) is 0. The summed E-state index contributed by atoms with van der Waals surface area (Å²) in [6, 6.07) is 0.373. The van der Waals surface area contributed by atoms with Crippen LogP contribution in [-0.2, 0) is 0 Å². The molecule has 0 aromatic heterocycles. The van der Waals surface area contributed by atoms with Gasteiger partial charge in [0.25, 0.3) is 0 Å². The molecule has 1 rings (SSSR count). The Morgan fingerprint density at radius 2 is 2.22 bits per heavy atom. The SMILES string of the molecule is CC(C)N1N=[C-]NN1.[Rb+]. The van der Waals surface area contributed by atoms with Crippen LogP contribution in [0.25, 0.3) is 0 Å². The number of hydrogen-bond donors (Lipinski definition) is 2. The molecule has 1 heterocycles. The maximum atomic E-state index is 3.80. The van der Waals surface area contributed by atoms with Crippen LogP contribution >= 0.6 is 0 Å². The van der Waals surface area contributed by atoms with E-state index in [9.17, 15) is 0 Å². The normalized spacial score (nSPS) is 15.7. The fourth-order valence-corrected chi connectivity index (χ4v) is 0.431. The van der Waals surface area contributed by atoms with E-state index in [1.165, 1.54) is 0 Å². The molecule has 1 aliphatic rings.